The molecule has 3 aromatic heterocycles. The molecule has 1 aromatic carbocycles. The molecular formula is C19H17BrN6O. The molecule has 5 rings (SSSR count). The summed E-state index contributed by atoms with van der Waals surface area (Å²) in [5.41, 5.74) is 1.91. The van der Waals surface area contributed by atoms with Crippen LogP contribution in [-0.4, -0.2) is 36.8 Å². The first-order chi connectivity index (χ1) is 13.2. The van der Waals surface area contributed by atoms with Crippen molar-refractivity contribution in [2.45, 2.75) is 25.3 Å². The van der Waals surface area contributed by atoms with Gasteiger partial charge in [0.2, 0.25) is 0 Å². The maximum Gasteiger partial charge on any atom is 0.281 e. The van der Waals surface area contributed by atoms with E-state index >= 15 is 0 Å². The Kier molecular flexibility index (Phi) is 3.93. The Morgan fingerprint density at radius 2 is 2.19 bits per heavy atom. The number of aromatic nitrogens is 5. The molecule has 1 aliphatic heterocycles. The van der Waals surface area contributed by atoms with Gasteiger partial charge < -0.3 is 5.01 Å². The van der Waals surface area contributed by atoms with E-state index in [1.54, 1.807) is 17.2 Å². The van der Waals surface area contributed by atoms with Crippen molar-refractivity contribution in [3.63, 3.8) is 0 Å². The van der Waals surface area contributed by atoms with Crippen molar-refractivity contribution >= 4 is 32.6 Å². The van der Waals surface area contributed by atoms with Gasteiger partial charge in [0, 0.05) is 29.5 Å². The zero-order valence-electron chi connectivity index (χ0n) is 14.5. The second-order valence-corrected chi connectivity index (χ2v) is 7.72. The van der Waals surface area contributed by atoms with Crippen LogP contribution in [-0.2, 0) is 6.42 Å². The van der Waals surface area contributed by atoms with Crippen molar-refractivity contribution in [3.8, 4) is 0 Å². The maximum absolute atomic E-state index is 13.4. The summed E-state index contributed by atoms with van der Waals surface area (Å²) in [5.74, 6) is 0.549. The molecule has 27 heavy (non-hydrogen) atoms. The van der Waals surface area contributed by atoms with Gasteiger partial charge in [0.25, 0.3) is 11.3 Å². The molecule has 136 valence electrons. The summed E-state index contributed by atoms with van der Waals surface area (Å²) in [6, 6.07) is 9.95. The molecule has 4 aromatic rings. The van der Waals surface area contributed by atoms with Crippen molar-refractivity contribution in [3.05, 3.63) is 69.4 Å². The Morgan fingerprint density at radius 3 is 3.04 bits per heavy atom. The number of halogens is 1. The van der Waals surface area contributed by atoms with E-state index in [0.29, 0.717) is 11.2 Å². The number of hydrogen-bond donors (Lipinski definition) is 0. The zero-order valence-corrected chi connectivity index (χ0v) is 16.1. The molecule has 0 aliphatic carbocycles. The van der Waals surface area contributed by atoms with Gasteiger partial charge >= 0.3 is 0 Å². The van der Waals surface area contributed by atoms with E-state index in [0.717, 1.165) is 35.8 Å². The van der Waals surface area contributed by atoms with Gasteiger partial charge in [-0.3, -0.25) is 14.2 Å². The maximum atomic E-state index is 13.4. The fourth-order valence-electron chi connectivity index (χ4n) is 3.95. The average Bonchev–Trinajstić information content (AvgIpc) is 3.33. The standard InChI is InChI=1S/C19H17BrN6O/c20-14-5-6-17-16(10-14)18(27)26(19-23-22-12-24(17)19)25-8-2-4-15(25)9-13-3-1-7-21-11-13/h1,3,5-7,10-12,15H,2,4,8-9H2. The second-order valence-electron chi connectivity index (χ2n) is 6.80. The largest absolute Gasteiger partial charge is 0.303 e. The molecule has 1 aliphatic rings. The summed E-state index contributed by atoms with van der Waals surface area (Å²) in [5, 5.41) is 11.1. The smallest absolute Gasteiger partial charge is 0.281 e. The van der Waals surface area contributed by atoms with Crippen molar-refractivity contribution in [2.24, 2.45) is 0 Å². The van der Waals surface area contributed by atoms with E-state index in [1.165, 1.54) is 5.56 Å². The minimum atomic E-state index is -0.0649. The van der Waals surface area contributed by atoms with Gasteiger partial charge in [-0.15, -0.1) is 10.2 Å². The lowest BCUT2D eigenvalue weighted by molar-refractivity contribution is 0.530. The van der Waals surface area contributed by atoms with Crippen molar-refractivity contribution < 1.29 is 0 Å². The van der Waals surface area contributed by atoms with E-state index in [1.807, 2.05) is 34.9 Å². The molecule has 0 bridgehead atoms. The highest BCUT2D eigenvalue weighted by atomic mass is 79.9. The van der Waals surface area contributed by atoms with Crippen molar-refractivity contribution in [1.29, 1.82) is 0 Å². The number of hydrogen-bond acceptors (Lipinski definition) is 5. The first-order valence-electron chi connectivity index (χ1n) is 8.92. The summed E-state index contributed by atoms with van der Waals surface area (Å²) in [6.45, 7) is 0.812. The van der Waals surface area contributed by atoms with E-state index in [2.05, 4.69) is 42.2 Å². The van der Waals surface area contributed by atoms with E-state index in [9.17, 15) is 4.79 Å². The molecule has 7 nitrogen and oxygen atoms in total. The van der Waals surface area contributed by atoms with Crippen LogP contribution in [0.3, 0.4) is 0 Å². The first kappa shape index (κ1) is 16.4. The lowest BCUT2D eigenvalue weighted by Gasteiger charge is -2.28. The van der Waals surface area contributed by atoms with Crippen LogP contribution in [0.15, 0.2) is 58.3 Å². The summed E-state index contributed by atoms with van der Waals surface area (Å²) in [6.07, 6.45) is 8.24. The van der Waals surface area contributed by atoms with Crippen LogP contribution in [0.1, 0.15) is 18.4 Å². The first-order valence-corrected chi connectivity index (χ1v) is 9.71. The predicted molar refractivity (Wildman–Crippen MR) is 106 cm³/mol. The van der Waals surface area contributed by atoms with Gasteiger partial charge in [-0.2, -0.15) is 4.68 Å². The van der Waals surface area contributed by atoms with Gasteiger partial charge in [-0.1, -0.05) is 22.0 Å². The van der Waals surface area contributed by atoms with Gasteiger partial charge in [-0.25, -0.2) is 0 Å². The summed E-state index contributed by atoms with van der Waals surface area (Å²) < 4.78 is 4.46. The van der Waals surface area contributed by atoms with E-state index in [-0.39, 0.29) is 11.6 Å². The molecular weight excluding hydrogens is 408 g/mol. The third kappa shape index (κ3) is 2.71. The summed E-state index contributed by atoms with van der Waals surface area (Å²) in [7, 11) is 0. The lowest BCUT2D eigenvalue weighted by atomic mass is 10.1. The van der Waals surface area contributed by atoms with Gasteiger partial charge in [-0.05, 0) is 49.1 Å². The highest BCUT2D eigenvalue weighted by Gasteiger charge is 2.28. The molecule has 4 heterocycles. The summed E-state index contributed by atoms with van der Waals surface area (Å²) in [4.78, 5) is 17.6. The zero-order chi connectivity index (χ0) is 18.4. The molecule has 1 unspecified atom stereocenters. The fourth-order valence-corrected chi connectivity index (χ4v) is 4.31. The highest BCUT2D eigenvalue weighted by Crippen LogP contribution is 2.23. The second kappa shape index (κ2) is 6.45. The van der Waals surface area contributed by atoms with Gasteiger partial charge in [0.05, 0.1) is 10.9 Å². The Hall–Kier alpha value is -2.74. The van der Waals surface area contributed by atoms with Crippen LogP contribution in [0.4, 0.5) is 0 Å². The van der Waals surface area contributed by atoms with Crippen LogP contribution in [0, 0.1) is 0 Å². The minimum absolute atomic E-state index is 0.0649. The third-order valence-corrected chi connectivity index (χ3v) is 5.65. The summed E-state index contributed by atoms with van der Waals surface area (Å²) >= 11 is 3.48. The fraction of sp³-hybridized carbons (Fsp3) is 0.263. The van der Waals surface area contributed by atoms with Crippen LogP contribution < -0.4 is 10.6 Å². The molecule has 1 saturated heterocycles. The van der Waals surface area contributed by atoms with Crippen LogP contribution >= 0.6 is 15.9 Å². The number of benzene rings is 1. The molecule has 0 radical (unpaired) electrons. The highest BCUT2D eigenvalue weighted by molar-refractivity contribution is 9.10. The minimum Gasteiger partial charge on any atom is -0.303 e. The topological polar surface area (TPSA) is 68.3 Å². The Labute approximate surface area is 163 Å². The number of fused-ring (bicyclic) bond motifs is 3. The Balaban J connectivity index is 1.68. The van der Waals surface area contributed by atoms with Crippen LogP contribution in [0.2, 0.25) is 0 Å². The molecule has 8 heteroatoms. The average molecular weight is 425 g/mol. The van der Waals surface area contributed by atoms with Crippen LogP contribution in [0.5, 0.6) is 0 Å². The third-order valence-electron chi connectivity index (χ3n) is 5.16. The molecule has 0 N–H and O–H groups in total. The van der Waals surface area contributed by atoms with Gasteiger partial charge in [0.15, 0.2) is 0 Å². The van der Waals surface area contributed by atoms with Crippen LogP contribution in [0.25, 0.3) is 16.7 Å². The number of rotatable bonds is 3. The van der Waals surface area contributed by atoms with Gasteiger partial charge in [0.1, 0.15) is 6.33 Å². The lowest BCUT2D eigenvalue weighted by Crippen LogP contribution is -2.47. The molecule has 1 fully saturated rings. The Morgan fingerprint density at radius 1 is 1.26 bits per heavy atom. The molecule has 0 spiro atoms. The van der Waals surface area contributed by atoms with Crippen molar-refractivity contribution in [1.82, 2.24) is 24.3 Å². The molecule has 0 amide bonds. The molecule has 0 saturated carbocycles. The van der Waals surface area contributed by atoms with E-state index < -0.39 is 0 Å². The quantitative estimate of drug-likeness (QED) is 0.505. The SMILES string of the molecule is O=c1c2cc(Br)ccc2n2cnnc2n1N1CCCC1Cc1cccnc1. The van der Waals surface area contributed by atoms with E-state index in [4.69, 9.17) is 0 Å². The van der Waals surface area contributed by atoms with Crippen molar-refractivity contribution in [2.75, 3.05) is 11.6 Å². The predicted octanol–water partition coefficient (Wildman–Crippen LogP) is 2.54. The number of pyridine rings is 1. The monoisotopic (exact) mass is 424 g/mol. The molecule has 1 atom stereocenters. The Bertz CT molecular complexity index is 1190. The number of nitrogens with zero attached hydrogens (tertiary/aromatic N) is 6. The normalized spacial score (nSPS) is 17.2.